The molecule has 0 spiro atoms. The molecule has 0 aromatic rings. The van der Waals surface area contributed by atoms with Gasteiger partial charge in [0.15, 0.2) is 0 Å². The summed E-state index contributed by atoms with van der Waals surface area (Å²) in [4.78, 5) is 11.1. The van der Waals surface area contributed by atoms with E-state index < -0.39 is 5.97 Å². The lowest BCUT2D eigenvalue weighted by Crippen LogP contribution is -2.46. The van der Waals surface area contributed by atoms with Gasteiger partial charge in [-0.1, -0.05) is 12.2 Å². The average Bonchev–Trinajstić information content (AvgIpc) is 2.26. The van der Waals surface area contributed by atoms with E-state index in [2.05, 4.69) is 6.58 Å². The molecule has 0 aromatic carbocycles. The third-order valence-electron chi connectivity index (χ3n) is 5.58. The fourth-order valence-corrected chi connectivity index (χ4v) is 4.98. The zero-order valence-electron chi connectivity index (χ0n) is 10.6. The van der Waals surface area contributed by atoms with Gasteiger partial charge in [0.05, 0.1) is 5.92 Å². The summed E-state index contributed by atoms with van der Waals surface area (Å²) >= 11 is 0. The summed E-state index contributed by atoms with van der Waals surface area (Å²) in [5, 5.41) is 9.15. The van der Waals surface area contributed by atoms with Gasteiger partial charge in [0.2, 0.25) is 0 Å². The highest BCUT2D eigenvalue weighted by Gasteiger charge is 2.49. The highest BCUT2D eigenvalue weighted by atomic mass is 16.4. The van der Waals surface area contributed by atoms with Crippen molar-refractivity contribution < 1.29 is 9.90 Å². The molecule has 4 aliphatic carbocycles. The monoisotopic (exact) mass is 234 g/mol. The van der Waals surface area contributed by atoms with Crippen molar-refractivity contribution in [3.8, 4) is 0 Å². The highest BCUT2D eigenvalue weighted by Crippen LogP contribution is 2.58. The molecule has 4 rings (SSSR count). The molecule has 0 saturated heterocycles. The van der Waals surface area contributed by atoms with E-state index in [1.807, 2.05) is 0 Å². The predicted octanol–water partition coefficient (Wildman–Crippen LogP) is 3.34. The van der Waals surface area contributed by atoms with Crippen LogP contribution in [0.2, 0.25) is 0 Å². The number of carbonyl (C=O) groups is 1. The lowest BCUT2D eigenvalue weighted by Gasteiger charge is -2.55. The summed E-state index contributed by atoms with van der Waals surface area (Å²) in [7, 11) is 0. The first kappa shape index (κ1) is 11.3. The Morgan fingerprint density at radius 2 is 1.59 bits per heavy atom. The van der Waals surface area contributed by atoms with Crippen LogP contribution in [0, 0.1) is 35.5 Å². The maximum Gasteiger partial charge on any atom is 0.310 e. The Balaban J connectivity index is 1.80. The van der Waals surface area contributed by atoms with Crippen LogP contribution < -0.4 is 0 Å². The van der Waals surface area contributed by atoms with E-state index in [0.717, 1.165) is 29.2 Å². The van der Waals surface area contributed by atoms with Gasteiger partial charge in [-0.15, -0.1) is 0 Å². The second-order valence-corrected chi connectivity index (χ2v) is 6.59. The number of hydrogen-bond donors (Lipinski definition) is 1. The number of carboxylic acids is 1. The second kappa shape index (κ2) is 3.86. The van der Waals surface area contributed by atoms with Gasteiger partial charge in [-0.3, -0.25) is 4.79 Å². The van der Waals surface area contributed by atoms with Crippen molar-refractivity contribution in [3.63, 3.8) is 0 Å². The second-order valence-electron chi connectivity index (χ2n) is 6.59. The molecule has 4 bridgehead atoms. The summed E-state index contributed by atoms with van der Waals surface area (Å²) in [5.41, 5.74) is 1.01. The van der Waals surface area contributed by atoms with E-state index in [4.69, 9.17) is 5.11 Å². The quantitative estimate of drug-likeness (QED) is 0.760. The Labute approximate surface area is 103 Å². The van der Waals surface area contributed by atoms with Gasteiger partial charge in [0.25, 0.3) is 0 Å². The van der Waals surface area contributed by atoms with Gasteiger partial charge in [0.1, 0.15) is 0 Å². The van der Waals surface area contributed by atoms with Gasteiger partial charge < -0.3 is 5.11 Å². The van der Waals surface area contributed by atoms with Crippen molar-refractivity contribution in [1.82, 2.24) is 0 Å². The smallest absolute Gasteiger partial charge is 0.310 e. The molecule has 17 heavy (non-hydrogen) atoms. The van der Waals surface area contributed by atoms with E-state index in [1.54, 1.807) is 6.92 Å². The van der Waals surface area contributed by atoms with Crippen molar-refractivity contribution in [2.75, 3.05) is 0 Å². The first-order valence-corrected chi connectivity index (χ1v) is 6.97. The Bertz CT molecular complexity index is 330. The molecule has 0 radical (unpaired) electrons. The molecule has 1 unspecified atom stereocenters. The molecule has 0 amide bonds. The lowest BCUT2D eigenvalue weighted by molar-refractivity contribution is -0.140. The summed E-state index contributed by atoms with van der Waals surface area (Å²) < 4.78 is 0. The summed E-state index contributed by atoms with van der Waals surface area (Å²) in [6.45, 7) is 5.94. The van der Waals surface area contributed by atoms with Crippen LogP contribution >= 0.6 is 0 Å². The van der Waals surface area contributed by atoms with E-state index in [0.29, 0.717) is 5.92 Å². The number of rotatable bonds is 3. The van der Waals surface area contributed by atoms with Crippen LogP contribution in [-0.2, 0) is 4.79 Å². The average molecular weight is 234 g/mol. The third-order valence-corrected chi connectivity index (χ3v) is 5.58. The first-order valence-electron chi connectivity index (χ1n) is 6.97. The molecular formula is C15H22O2. The standard InChI is InChI=1S/C15H22O2/c1-8(9(2)15(16)17)14-12-4-10-3-11(6-12)7-13(14)5-10/h9-14H,1,3-7H2,2H3,(H,16,17). The van der Waals surface area contributed by atoms with Crippen LogP contribution in [0.15, 0.2) is 12.2 Å². The SMILES string of the molecule is C=C(C(C)C(=O)O)C1C2CC3CC(C2)CC1C3. The van der Waals surface area contributed by atoms with Crippen LogP contribution in [0.1, 0.15) is 39.0 Å². The topological polar surface area (TPSA) is 37.3 Å². The Morgan fingerprint density at radius 3 is 2.00 bits per heavy atom. The third kappa shape index (κ3) is 1.73. The van der Waals surface area contributed by atoms with Gasteiger partial charge in [0, 0.05) is 0 Å². The van der Waals surface area contributed by atoms with Crippen LogP contribution in [0.5, 0.6) is 0 Å². The predicted molar refractivity (Wildman–Crippen MR) is 66.5 cm³/mol. The first-order chi connectivity index (χ1) is 8.06. The molecule has 4 aliphatic rings. The maximum atomic E-state index is 11.1. The zero-order valence-corrected chi connectivity index (χ0v) is 10.6. The number of hydrogen-bond acceptors (Lipinski definition) is 1. The van der Waals surface area contributed by atoms with E-state index >= 15 is 0 Å². The number of aliphatic carboxylic acids is 1. The summed E-state index contributed by atoms with van der Waals surface area (Å²) in [6.07, 6.45) is 6.79. The zero-order chi connectivity index (χ0) is 12.2. The summed E-state index contributed by atoms with van der Waals surface area (Å²) in [5.74, 6) is 2.83. The molecule has 0 aromatic heterocycles. The van der Waals surface area contributed by atoms with E-state index in [9.17, 15) is 4.79 Å². The molecule has 0 heterocycles. The van der Waals surface area contributed by atoms with Crippen molar-refractivity contribution >= 4 is 5.97 Å². The lowest BCUT2D eigenvalue weighted by atomic mass is 9.50. The van der Waals surface area contributed by atoms with E-state index in [1.165, 1.54) is 32.1 Å². The maximum absolute atomic E-state index is 11.1. The summed E-state index contributed by atoms with van der Waals surface area (Å²) in [6, 6.07) is 0. The van der Waals surface area contributed by atoms with Crippen LogP contribution in [0.4, 0.5) is 0 Å². The normalized spacial score (nSPS) is 44.6. The highest BCUT2D eigenvalue weighted by molar-refractivity contribution is 5.73. The molecule has 1 atom stereocenters. The Morgan fingerprint density at radius 1 is 1.12 bits per heavy atom. The largest absolute Gasteiger partial charge is 0.481 e. The van der Waals surface area contributed by atoms with Gasteiger partial charge in [-0.25, -0.2) is 0 Å². The van der Waals surface area contributed by atoms with Gasteiger partial charge in [-0.05, 0) is 68.6 Å². The number of carboxylic acid groups (broad SMARTS) is 1. The van der Waals surface area contributed by atoms with Crippen LogP contribution in [0.25, 0.3) is 0 Å². The van der Waals surface area contributed by atoms with Gasteiger partial charge in [-0.2, -0.15) is 0 Å². The molecule has 2 heteroatoms. The van der Waals surface area contributed by atoms with Gasteiger partial charge >= 0.3 is 5.97 Å². The molecule has 4 fully saturated rings. The van der Waals surface area contributed by atoms with Crippen molar-refractivity contribution in [2.24, 2.45) is 35.5 Å². The van der Waals surface area contributed by atoms with Crippen molar-refractivity contribution in [2.45, 2.75) is 39.0 Å². The fourth-order valence-electron chi connectivity index (χ4n) is 4.98. The van der Waals surface area contributed by atoms with E-state index in [-0.39, 0.29) is 5.92 Å². The minimum atomic E-state index is -0.705. The Kier molecular flexibility index (Phi) is 2.57. The van der Waals surface area contributed by atoms with Crippen molar-refractivity contribution in [1.29, 1.82) is 0 Å². The molecule has 0 aliphatic heterocycles. The molecule has 4 saturated carbocycles. The fraction of sp³-hybridized carbons (Fsp3) is 0.800. The van der Waals surface area contributed by atoms with Crippen LogP contribution in [0.3, 0.4) is 0 Å². The molecule has 1 N–H and O–H groups in total. The van der Waals surface area contributed by atoms with Crippen molar-refractivity contribution in [3.05, 3.63) is 12.2 Å². The molecule has 94 valence electrons. The minimum Gasteiger partial charge on any atom is -0.481 e. The van der Waals surface area contributed by atoms with Crippen LogP contribution in [-0.4, -0.2) is 11.1 Å². The molecular weight excluding hydrogens is 212 g/mol. The molecule has 2 nitrogen and oxygen atoms in total. The Hall–Kier alpha value is -0.790. The minimum absolute atomic E-state index is 0.363.